The van der Waals surface area contributed by atoms with Crippen LogP contribution in [0, 0.1) is 46.3 Å². The molecule has 4 rings (SSSR count). The van der Waals surface area contributed by atoms with Gasteiger partial charge >= 0.3 is 0 Å². The van der Waals surface area contributed by atoms with Gasteiger partial charge in [0.25, 0.3) is 0 Å². The Hall–Kier alpha value is -0.740. The molecule has 11 atom stereocenters. The fourth-order valence-electron chi connectivity index (χ4n) is 9.10. The molecule has 4 fully saturated rings. The van der Waals surface area contributed by atoms with Crippen LogP contribution in [0.25, 0.3) is 0 Å². The van der Waals surface area contributed by atoms with E-state index in [1.807, 2.05) is 0 Å². The van der Waals surface area contributed by atoms with Crippen LogP contribution in [-0.2, 0) is 14.9 Å². The lowest BCUT2D eigenvalue weighted by Crippen LogP contribution is -2.62. The monoisotopic (exact) mass is 514 g/mol. The van der Waals surface area contributed by atoms with Crippen LogP contribution in [0.2, 0.25) is 0 Å². The number of fused-ring (bicyclic) bond motifs is 5. The van der Waals surface area contributed by atoms with E-state index in [1.165, 1.54) is 0 Å². The molecule has 0 radical (unpaired) electrons. The fourth-order valence-corrected chi connectivity index (χ4v) is 9.45. The van der Waals surface area contributed by atoms with Gasteiger partial charge in [-0.15, -0.1) is 0 Å². The minimum Gasteiger partial charge on any atom is -0.748 e. The van der Waals surface area contributed by atoms with E-state index in [1.54, 1.807) is 0 Å². The Morgan fingerprint density at radius 1 is 1.09 bits per heavy atom. The number of carbonyl (C=O) groups excluding carboxylic acids is 1. The third kappa shape index (κ3) is 5.05. The first-order valence-corrected chi connectivity index (χ1v) is 15.1. The van der Waals surface area contributed by atoms with E-state index in [0.717, 1.165) is 38.5 Å². The minimum absolute atomic E-state index is 0.0464. The van der Waals surface area contributed by atoms with Crippen molar-refractivity contribution in [2.75, 3.05) is 12.3 Å². The fraction of sp³-hybridized carbons (Fsp3) is 0.962. The molecule has 202 valence electrons. The Labute approximate surface area is 210 Å². The van der Waals surface area contributed by atoms with E-state index in [4.69, 9.17) is 0 Å². The van der Waals surface area contributed by atoms with Gasteiger partial charge in [-0.1, -0.05) is 20.8 Å². The number of rotatable bonds is 7. The zero-order valence-corrected chi connectivity index (χ0v) is 22.2. The molecular formula is C26H44NO7S-. The number of aliphatic hydroxyl groups is 3. The van der Waals surface area contributed by atoms with E-state index in [2.05, 4.69) is 26.1 Å². The van der Waals surface area contributed by atoms with Gasteiger partial charge in [0.1, 0.15) is 0 Å². The summed E-state index contributed by atoms with van der Waals surface area (Å²) in [5.41, 5.74) is -0.267. The summed E-state index contributed by atoms with van der Waals surface area (Å²) in [6, 6.07) is 0. The van der Waals surface area contributed by atoms with Gasteiger partial charge in [0.2, 0.25) is 5.91 Å². The summed E-state index contributed by atoms with van der Waals surface area (Å²) in [6.45, 7) is 6.48. The molecular weight excluding hydrogens is 470 g/mol. The number of amides is 1. The zero-order chi connectivity index (χ0) is 25.8. The second-order valence-corrected chi connectivity index (χ2v) is 14.2. The highest BCUT2D eigenvalue weighted by molar-refractivity contribution is 7.85. The Morgan fingerprint density at radius 2 is 1.80 bits per heavy atom. The Balaban J connectivity index is 1.43. The summed E-state index contributed by atoms with van der Waals surface area (Å²) >= 11 is 0. The molecule has 0 bridgehead atoms. The van der Waals surface area contributed by atoms with E-state index >= 15 is 0 Å². The molecule has 0 heterocycles. The van der Waals surface area contributed by atoms with Crippen molar-refractivity contribution < 1.29 is 33.1 Å². The van der Waals surface area contributed by atoms with E-state index in [9.17, 15) is 33.1 Å². The van der Waals surface area contributed by atoms with Gasteiger partial charge in [0.15, 0.2) is 0 Å². The molecule has 0 aromatic rings. The predicted octanol–water partition coefficient (Wildman–Crippen LogP) is 2.03. The molecule has 4 aliphatic carbocycles. The Morgan fingerprint density at radius 3 is 2.49 bits per heavy atom. The quantitative estimate of drug-likeness (QED) is 0.380. The summed E-state index contributed by atoms with van der Waals surface area (Å²) in [6.07, 6.45) is 5.58. The van der Waals surface area contributed by atoms with Crippen LogP contribution in [0.3, 0.4) is 0 Å². The SMILES string of the molecule is CC(CCC(=O)NCCS(=O)(=O)[O-])C1CCC2C3C(C[C@H](O)C12C)C1(C)CC[C@@H](O)CC1C[C@H]3O. The molecule has 8 unspecified atom stereocenters. The van der Waals surface area contributed by atoms with Crippen molar-refractivity contribution in [3.05, 3.63) is 0 Å². The van der Waals surface area contributed by atoms with Crippen LogP contribution >= 0.6 is 0 Å². The zero-order valence-electron chi connectivity index (χ0n) is 21.4. The van der Waals surface area contributed by atoms with Crippen molar-refractivity contribution in [3.8, 4) is 0 Å². The second kappa shape index (κ2) is 9.86. The Kier molecular flexibility index (Phi) is 7.69. The van der Waals surface area contributed by atoms with E-state index in [0.29, 0.717) is 18.8 Å². The van der Waals surface area contributed by atoms with Crippen molar-refractivity contribution in [2.45, 2.75) is 96.9 Å². The highest BCUT2D eigenvalue weighted by Gasteiger charge is 2.65. The van der Waals surface area contributed by atoms with E-state index in [-0.39, 0.29) is 65.4 Å². The first kappa shape index (κ1) is 27.3. The molecule has 4 aliphatic rings. The third-order valence-electron chi connectivity index (χ3n) is 11.0. The second-order valence-electron chi connectivity index (χ2n) is 12.7. The molecule has 0 aliphatic heterocycles. The Bertz CT molecular complexity index is 896. The van der Waals surface area contributed by atoms with Crippen molar-refractivity contribution in [2.24, 2.45) is 46.3 Å². The third-order valence-corrected chi connectivity index (χ3v) is 11.7. The van der Waals surface area contributed by atoms with Gasteiger partial charge < -0.3 is 25.2 Å². The molecule has 0 aromatic heterocycles. The lowest BCUT2D eigenvalue weighted by Gasteiger charge is -2.63. The molecule has 0 saturated heterocycles. The lowest BCUT2D eigenvalue weighted by atomic mass is 9.43. The largest absolute Gasteiger partial charge is 0.748 e. The van der Waals surface area contributed by atoms with Crippen LogP contribution < -0.4 is 5.32 Å². The van der Waals surface area contributed by atoms with Crippen molar-refractivity contribution in [1.29, 1.82) is 0 Å². The predicted molar refractivity (Wildman–Crippen MR) is 130 cm³/mol. The number of hydrogen-bond acceptors (Lipinski definition) is 7. The standard InChI is InChI=1S/C26H45NO7S/c1-15(4-7-23(31)27-10-11-35(32,33)34)18-5-6-19-24-20(14-22(30)26(18,19)3)25(2)9-8-17(28)12-16(25)13-21(24)29/h15-22,24,28-30H,4-14H2,1-3H3,(H,27,31)(H,32,33,34)/p-1/t15?,16?,17-,18?,19?,20?,21-,22+,24?,25?,26?/m1/s1. The van der Waals surface area contributed by atoms with Crippen molar-refractivity contribution in [3.63, 3.8) is 0 Å². The smallest absolute Gasteiger partial charge is 0.220 e. The summed E-state index contributed by atoms with van der Waals surface area (Å²) < 4.78 is 32.2. The van der Waals surface area contributed by atoms with Crippen LogP contribution in [-0.4, -0.2) is 64.8 Å². The first-order chi connectivity index (χ1) is 16.3. The highest BCUT2D eigenvalue weighted by Crippen LogP contribution is 2.68. The minimum atomic E-state index is -4.35. The first-order valence-electron chi connectivity index (χ1n) is 13.5. The molecule has 0 spiro atoms. The van der Waals surface area contributed by atoms with Crippen molar-refractivity contribution >= 4 is 16.0 Å². The van der Waals surface area contributed by atoms with Crippen LogP contribution in [0.4, 0.5) is 0 Å². The number of carbonyl (C=O) groups is 1. The van der Waals surface area contributed by atoms with Crippen LogP contribution in [0.15, 0.2) is 0 Å². The number of aliphatic hydroxyl groups excluding tert-OH is 3. The van der Waals surface area contributed by atoms with Crippen molar-refractivity contribution in [1.82, 2.24) is 5.32 Å². The summed E-state index contributed by atoms with van der Waals surface area (Å²) in [5.74, 6) is 0.522. The van der Waals surface area contributed by atoms with Gasteiger partial charge in [-0.2, -0.15) is 0 Å². The van der Waals surface area contributed by atoms with Gasteiger partial charge in [-0.25, -0.2) is 8.42 Å². The maximum Gasteiger partial charge on any atom is 0.220 e. The molecule has 35 heavy (non-hydrogen) atoms. The van der Waals surface area contributed by atoms with Gasteiger partial charge in [-0.3, -0.25) is 4.79 Å². The average Bonchev–Trinajstić information content (AvgIpc) is 3.12. The topological polar surface area (TPSA) is 147 Å². The summed E-state index contributed by atoms with van der Waals surface area (Å²) in [5, 5.41) is 35.7. The maximum absolute atomic E-state index is 12.2. The molecule has 9 heteroatoms. The van der Waals surface area contributed by atoms with Crippen LogP contribution in [0.5, 0.6) is 0 Å². The number of nitrogens with one attached hydrogen (secondary N) is 1. The van der Waals surface area contributed by atoms with E-state index < -0.39 is 28.1 Å². The normalized spacial score (nSPS) is 46.3. The maximum atomic E-state index is 12.2. The molecule has 8 nitrogen and oxygen atoms in total. The molecule has 4 saturated carbocycles. The van der Waals surface area contributed by atoms with Gasteiger partial charge in [0, 0.05) is 13.0 Å². The lowest BCUT2D eigenvalue weighted by molar-refractivity contribution is -0.207. The van der Waals surface area contributed by atoms with Crippen LogP contribution in [0.1, 0.15) is 78.6 Å². The average molecular weight is 515 g/mol. The number of hydrogen-bond donors (Lipinski definition) is 4. The molecule has 0 aromatic carbocycles. The molecule has 1 amide bonds. The molecule has 4 N–H and O–H groups in total. The van der Waals surface area contributed by atoms with Gasteiger partial charge in [0.05, 0.1) is 34.2 Å². The van der Waals surface area contributed by atoms with Gasteiger partial charge in [-0.05, 0) is 97.7 Å². The highest BCUT2D eigenvalue weighted by atomic mass is 32.2. The summed E-state index contributed by atoms with van der Waals surface area (Å²) in [4.78, 5) is 12.2. The summed E-state index contributed by atoms with van der Waals surface area (Å²) in [7, 11) is -4.35.